The molecule has 7 heteroatoms. The van der Waals surface area contributed by atoms with Gasteiger partial charge in [-0.3, -0.25) is 0 Å². The van der Waals surface area contributed by atoms with Crippen LogP contribution in [0.2, 0.25) is 0 Å². The highest BCUT2D eigenvalue weighted by Gasteiger charge is 2.18. The SMILES string of the molecule is N#CC(=CNc1ccc2c(c1)CC(O)C2)c1nn[nH]n1. The van der Waals surface area contributed by atoms with Gasteiger partial charge in [0.25, 0.3) is 0 Å². The third-order valence-electron chi connectivity index (χ3n) is 3.21. The lowest BCUT2D eigenvalue weighted by Gasteiger charge is -2.04. The number of aliphatic hydroxyl groups excluding tert-OH is 1. The zero-order valence-corrected chi connectivity index (χ0v) is 10.5. The maximum absolute atomic E-state index is 9.62. The van der Waals surface area contributed by atoms with E-state index in [1.807, 2.05) is 24.3 Å². The summed E-state index contributed by atoms with van der Waals surface area (Å²) in [5.74, 6) is 0.247. The first-order chi connectivity index (χ1) is 9.76. The Morgan fingerprint density at radius 3 is 3.05 bits per heavy atom. The molecule has 0 saturated heterocycles. The molecule has 1 aliphatic rings. The highest BCUT2D eigenvalue weighted by molar-refractivity contribution is 5.74. The molecule has 0 saturated carbocycles. The number of allylic oxidation sites excluding steroid dienone is 1. The van der Waals surface area contributed by atoms with Crippen molar-refractivity contribution in [3.63, 3.8) is 0 Å². The van der Waals surface area contributed by atoms with Crippen LogP contribution in [-0.2, 0) is 12.8 Å². The number of rotatable bonds is 3. The van der Waals surface area contributed by atoms with Gasteiger partial charge in [0.05, 0.1) is 6.10 Å². The molecule has 0 fully saturated rings. The van der Waals surface area contributed by atoms with E-state index in [0.717, 1.165) is 11.3 Å². The molecule has 2 aromatic rings. The van der Waals surface area contributed by atoms with E-state index in [1.165, 1.54) is 11.8 Å². The second kappa shape index (κ2) is 5.11. The third-order valence-corrected chi connectivity index (χ3v) is 3.21. The van der Waals surface area contributed by atoms with Crippen molar-refractivity contribution in [1.29, 1.82) is 5.26 Å². The van der Waals surface area contributed by atoms with Crippen LogP contribution in [0, 0.1) is 11.3 Å². The fourth-order valence-electron chi connectivity index (χ4n) is 2.26. The van der Waals surface area contributed by atoms with E-state index in [2.05, 4.69) is 25.9 Å². The van der Waals surface area contributed by atoms with E-state index >= 15 is 0 Å². The molecule has 1 unspecified atom stereocenters. The number of aromatic nitrogens is 4. The van der Waals surface area contributed by atoms with Gasteiger partial charge in [-0.1, -0.05) is 6.07 Å². The largest absolute Gasteiger partial charge is 0.392 e. The van der Waals surface area contributed by atoms with Crippen LogP contribution in [0.3, 0.4) is 0 Å². The molecule has 100 valence electrons. The fourth-order valence-corrected chi connectivity index (χ4v) is 2.26. The summed E-state index contributed by atoms with van der Waals surface area (Å²) in [5, 5.41) is 34.9. The molecule has 0 bridgehead atoms. The highest BCUT2D eigenvalue weighted by Crippen LogP contribution is 2.25. The Balaban J connectivity index is 1.79. The zero-order chi connectivity index (χ0) is 13.9. The minimum atomic E-state index is -0.287. The van der Waals surface area contributed by atoms with Crippen molar-refractivity contribution in [3.8, 4) is 6.07 Å². The van der Waals surface area contributed by atoms with Gasteiger partial charge in [0, 0.05) is 11.9 Å². The standard InChI is InChI=1S/C13H12N6O/c14-6-10(13-16-18-19-17-13)7-15-11-2-1-8-4-12(20)5-9(8)3-11/h1-3,7,12,15,20H,4-5H2,(H,16,17,18,19). The first-order valence-electron chi connectivity index (χ1n) is 6.17. The Kier molecular flexibility index (Phi) is 3.15. The number of benzene rings is 1. The summed E-state index contributed by atoms with van der Waals surface area (Å²) in [6, 6.07) is 7.89. The molecular weight excluding hydrogens is 256 g/mol. The first-order valence-corrected chi connectivity index (χ1v) is 6.17. The number of hydrogen-bond acceptors (Lipinski definition) is 6. The number of hydrogen-bond donors (Lipinski definition) is 3. The maximum atomic E-state index is 9.62. The molecule has 0 radical (unpaired) electrons. The monoisotopic (exact) mass is 268 g/mol. The van der Waals surface area contributed by atoms with Gasteiger partial charge in [-0.05, 0) is 41.3 Å². The number of fused-ring (bicyclic) bond motifs is 1. The normalized spacial score (nSPS) is 17.6. The van der Waals surface area contributed by atoms with E-state index in [0.29, 0.717) is 18.4 Å². The van der Waals surface area contributed by atoms with E-state index in [4.69, 9.17) is 5.26 Å². The number of H-pyrrole nitrogens is 1. The van der Waals surface area contributed by atoms with Gasteiger partial charge in [-0.15, -0.1) is 10.2 Å². The zero-order valence-electron chi connectivity index (χ0n) is 10.5. The lowest BCUT2D eigenvalue weighted by molar-refractivity contribution is 0.187. The average Bonchev–Trinajstić information content (AvgIpc) is 3.07. The predicted molar refractivity (Wildman–Crippen MR) is 71.2 cm³/mol. The van der Waals surface area contributed by atoms with E-state index in [-0.39, 0.29) is 11.9 Å². The van der Waals surface area contributed by atoms with Gasteiger partial charge in [0.1, 0.15) is 11.6 Å². The summed E-state index contributed by atoms with van der Waals surface area (Å²) < 4.78 is 0. The Morgan fingerprint density at radius 2 is 2.30 bits per heavy atom. The highest BCUT2D eigenvalue weighted by atomic mass is 16.3. The lowest BCUT2D eigenvalue weighted by Crippen LogP contribution is -2.03. The van der Waals surface area contributed by atoms with Crippen molar-refractivity contribution in [2.24, 2.45) is 0 Å². The van der Waals surface area contributed by atoms with Gasteiger partial charge >= 0.3 is 0 Å². The van der Waals surface area contributed by atoms with Crippen LogP contribution >= 0.6 is 0 Å². The van der Waals surface area contributed by atoms with Crippen molar-refractivity contribution >= 4 is 11.3 Å². The van der Waals surface area contributed by atoms with Gasteiger partial charge in [-0.25, -0.2) is 0 Å². The molecule has 0 spiro atoms. The van der Waals surface area contributed by atoms with Crippen LogP contribution in [0.1, 0.15) is 17.0 Å². The molecule has 3 N–H and O–H groups in total. The second-order valence-corrected chi connectivity index (χ2v) is 4.60. The van der Waals surface area contributed by atoms with Crippen LogP contribution < -0.4 is 5.32 Å². The van der Waals surface area contributed by atoms with Crippen molar-refractivity contribution in [1.82, 2.24) is 20.6 Å². The van der Waals surface area contributed by atoms with Gasteiger partial charge < -0.3 is 10.4 Å². The van der Waals surface area contributed by atoms with Crippen LogP contribution in [-0.4, -0.2) is 31.8 Å². The number of nitrogens with zero attached hydrogens (tertiary/aromatic N) is 4. The smallest absolute Gasteiger partial charge is 0.216 e. The summed E-state index contributed by atoms with van der Waals surface area (Å²) in [6.45, 7) is 0. The van der Waals surface area contributed by atoms with Crippen LogP contribution in [0.25, 0.3) is 5.57 Å². The Hall–Kier alpha value is -2.72. The Bertz CT molecular complexity index is 685. The molecule has 1 heterocycles. The van der Waals surface area contributed by atoms with E-state index < -0.39 is 0 Å². The van der Waals surface area contributed by atoms with Crippen molar-refractivity contribution in [2.45, 2.75) is 18.9 Å². The summed E-state index contributed by atoms with van der Waals surface area (Å²) in [4.78, 5) is 0. The number of nitriles is 1. The van der Waals surface area contributed by atoms with Crippen molar-refractivity contribution in [2.75, 3.05) is 5.32 Å². The molecule has 1 atom stereocenters. The Labute approximate surface area is 114 Å². The topological polar surface area (TPSA) is 111 Å². The molecule has 20 heavy (non-hydrogen) atoms. The summed E-state index contributed by atoms with van der Waals surface area (Å²) in [5.41, 5.74) is 3.45. The molecule has 0 amide bonds. The average molecular weight is 268 g/mol. The quantitative estimate of drug-likeness (QED) is 0.704. The van der Waals surface area contributed by atoms with E-state index in [9.17, 15) is 5.11 Å². The minimum Gasteiger partial charge on any atom is -0.392 e. The van der Waals surface area contributed by atoms with E-state index in [1.54, 1.807) is 0 Å². The van der Waals surface area contributed by atoms with Crippen LogP contribution in [0.15, 0.2) is 24.4 Å². The number of aromatic amines is 1. The van der Waals surface area contributed by atoms with Crippen molar-refractivity contribution in [3.05, 3.63) is 41.4 Å². The van der Waals surface area contributed by atoms with Crippen molar-refractivity contribution < 1.29 is 5.11 Å². The molecular formula is C13H12N6O. The second-order valence-electron chi connectivity index (χ2n) is 4.60. The summed E-state index contributed by atoms with van der Waals surface area (Å²) in [7, 11) is 0. The summed E-state index contributed by atoms with van der Waals surface area (Å²) in [6.07, 6.45) is 2.63. The molecule has 7 nitrogen and oxygen atoms in total. The predicted octanol–water partition coefficient (Wildman–Crippen LogP) is 0.636. The van der Waals surface area contributed by atoms with Gasteiger partial charge in [0.15, 0.2) is 0 Å². The van der Waals surface area contributed by atoms with Crippen LogP contribution in [0.5, 0.6) is 0 Å². The molecule has 1 aliphatic carbocycles. The summed E-state index contributed by atoms with van der Waals surface area (Å²) >= 11 is 0. The molecule has 3 rings (SSSR count). The molecule has 0 aliphatic heterocycles. The molecule has 1 aromatic heterocycles. The number of nitrogens with one attached hydrogen (secondary N) is 2. The first kappa shape index (κ1) is 12.3. The third kappa shape index (κ3) is 2.37. The van der Waals surface area contributed by atoms with Gasteiger partial charge in [0.2, 0.25) is 5.82 Å². The number of anilines is 1. The fraction of sp³-hybridized carbons (Fsp3) is 0.231. The molecule has 1 aromatic carbocycles. The van der Waals surface area contributed by atoms with Gasteiger partial charge in [-0.2, -0.15) is 10.5 Å². The lowest BCUT2D eigenvalue weighted by atomic mass is 10.1. The van der Waals surface area contributed by atoms with Crippen LogP contribution in [0.4, 0.5) is 5.69 Å². The Morgan fingerprint density at radius 1 is 1.45 bits per heavy atom. The maximum Gasteiger partial charge on any atom is 0.216 e. The number of aliphatic hydroxyl groups is 1. The number of tetrazole rings is 1. The minimum absolute atomic E-state index is 0.247.